The van der Waals surface area contributed by atoms with Gasteiger partial charge in [0.2, 0.25) is 5.91 Å². The topological polar surface area (TPSA) is 61.7 Å². The lowest BCUT2D eigenvalue weighted by Gasteiger charge is -2.14. The Bertz CT molecular complexity index is 651. The zero-order valence-electron chi connectivity index (χ0n) is 12.1. The van der Waals surface area contributed by atoms with Gasteiger partial charge in [0.05, 0.1) is 11.6 Å². The maximum absolute atomic E-state index is 12.4. The molecule has 2 rings (SSSR count). The fourth-order valence-corrected chi connectivity index (χ4v) is 2.10. The standard InChI is InChI=1S/C17H18N2O2/c1-12(14-8-4-3-5-9-14)17(20)18-16-11-7-6-10-15(16)13(2)19-21/h3-12,21H,1-2H3,(H,18,20)/b19-13+. The number of hydrogen-bond acceptors (Lipinski definition) is 3. The molecule has 0 saturated carbocycles. The first kappa shape index (κ1) is 14.8. The minimum atomic E-state index is -0.259. The molecule has 0 spiro atoms. The number of carbonyl (C=O) groups excluding carboxylic acids is 1. The van der Waals surface area contributed by atoms with Crippen LogP contribution < -0.4 is 5.32 Å². The summed E-state index contributed by atoms with van der Waals surface area (Å²) in [5, 5.41) is 15.0. The van der Waals surface area contributed by atoms with E-state index in [4.69, 9.17) is 5.21 Å². The van der Waals surface area contributed by atoms with Crippen LogP contribution in [-0.4, -0.2) is 16.8 Å². The van der Waals surface area contributed by atoms with Crippen LogP contribution in [0.5, 0.6) is 0 Å². The molecule has 0 fully saturated rings. The van der Waals surface area contributed by atoms with Crippen molar-refractivity contribution < 1.29 is 10.0 Å². The Morgan fingerprint density at radius 1 is 1.10 bits per heavy atom. The van der Waals surface area contributed by atoms with Crippen LogP contribution >= 0.6 is 0 Å². The summed E-state index contributed by atoms with van der Waals surface area (Å²) in [5.41, 5.74) is 2.76. The summed E-state index contributed by atoms with van der Waals surface area (Å²) in [7, 11) is 0. The highest BCUT2D eigenvalue weighted by atomic mass is 16.4. The number of carbonyl (C=O) groups is 1. The molecule has 0 aliphatic heterocycles. The summed E-state index contributed by atoms with van der Waals surface area (Å²) in [5.74, 6) is -0.356. The normalized spacial score (nSPS) is 12.8. The molecule has 4 heteroatoms. The van der Waals surface area contributed by atoms with Gasteiger partial charge >= 0.3 is 0 Å². The molecular formula is C17H18N2O2. The fraction of sp³-hybridized carbons (Fsp3) is 0.176. The second-order valence-electron chi connectivity index (χ2n) is 4.85. The fourth-order valence-electron chi connectivity index (χ4n) is 2.10. The van der Waals surface area contributed by atoms with Crippen LogP contribution in [0.3, 0.4) is 0 Å². The smallest absolute Gasteiger partial charge is 0.231 e. The highest BCUT2D eigenvalue weighted by molar-refractivity contribution is 6.07. The van der Waals surface area contributed by atoms with Gasteiger partial charge in [-0.3, -0.25) is 4.79 Å². The second-order valence-corrected chi connectivity index (χ2v) is 4.85. The molecule has 2 N–H and O–H groups in total. The van der Waals surface area contributed by atoms with Crippen molar-refractivity contribution in [3.8, 4) is 0 Å². The van der Waals surface area contributed by atoms with Gasteiger partial charge in [-0.2, -0.15) is 0 Å². The van der Waals surface area contributed by atoms with Crippen LogP contribution in [0.15, 0.2) is 59.8 Å². The number of nitrogens with zero attached hydrogens (tertiary/aromatic N) is 1. The van der Waals surface area contributed by atoms with Crippen LogP contribution in [0, 0.1) is 0 Å². The molecule has 4 nitrogen and oxygen atoms in total. The SMILES string of the molecule is C/C(=N\O)c1ccccc1NC(=O)C(C)c1ccccc1. The Morgan fingerprint density at radius 3 is 2.38 bits per heavy atom. The Labute approximate surface area is 124 Å². The Kier molecular flexibility index (Phi) is 4.72. The molecule has 0 aliphatic carbocycles. The molecule has 2 aromatic rings. The van der Waals surface area contributed by atoms with Crippen LogP contribution in [0.2, 0.25) is 0 Å². The van der Waals surface area contributed by atoms with Crippen molar-refractivity contribution in [1.29, 1.82) is 0 Å². The Hall–Kier alpha value is -2.62. The number of hydrogen-bond donors (Lipinski definition) is 2. The van der Waals surface area contributed by atoms with Gasteiger partial charge in [-0.25, -0.2) is 0 Å². The summed E-state index contributed by atoms with van der Waals surface area (Å²) in [6, 6.07) is 16.9. The Morgan fingerprint density at radius 2 is 1.71 bits per heavy atom. The molecule has 0 saturated heterocycles. The van der Waals surface area contributed by atoms with Crippen LogP contribution in [0.1, 0.15) is 30.9 Å². The van der Waals surface area contributed by atoms with Gasteiger partial charge in [-0.1, -0.05) is 53.7 Å². The van der Waals surface area contributed by atoms with Crippen molar-refractivity contribution in [3.05, 3.63) is 65.7 Å². The van der Waals surface area contributed by atoms with Gasteiger partial charge in [0.1, 0.15) is 0 Å². The molecule has 0 heterocycles. The molecule has 1 atom stereocenters. The maximum atomic E-state index is 12.4. The highest BCUT2D eigenvalue weighted by Gasteiger charge is 2.16. The van der Waals surface area contributed by atoms with E-state index in [2.05, 4.69) is 10.5 Å². The average molecular weight is 282 g/mol. The lowest BCUT2D eigenvalue weighted by Crippen LogP contribution is -2.20. The van der Waals surface area contributed by atoms with Gasteiger partial charge in [0, 0.05) is 11.3 Å². The second kappa shape index (κ2) is 6.70. The van der Waals surface area contributed by atoms with E-state index < -0.39 is 0 Å². The van der Waals surface area contributed by atoms with Crippen molar-refractivity contribution >= 4 is 17.3 Å². The molecule has 1 unspecified atom stereocenters. The third kappa shape index (κ3) is 3.48. The van der Waals surface area contributed by atoms with E-state index in [1.807, 2.05) is 49.4 Å². The summed E-state index contributed by atoms with van der Waals surface area (Å²) in [4.78, 5) is 12.4. The first-order valence-corrected chi connectivity index (χ1v) is 6.77. The van der Waals surface area contributed by atoms with E-state index in [1.165, 1.54) is 0 Å². The zero-order valence-corrected chi connectivity index (χ0v) is 12.1. The first-order valence-electron chi connectivity index (χ1n) is 6.77. The van der Waals surface area contributed by atoms with Gasteiger partial charge < -0.3 is 10.5 Å². The summed E-state index contributed by atoms with van der Waals surface area (Å²) in [6.45, 7) is 3.55. The monoisotopic (exact) mass is 282 g/mol. The van der Waals surface area contributed by atoms with Gasteiger partial charge in [0.15, 0.2) is 0 Å². The number of anilines is 1. The molecule has 0 bridgehead atoms. The highest BCUT2D eigenvalue weighted by Crippen LogP contribution is 2.20. The molecule has 1 amide bonds. The van der Waals surface area contributed by atoms with Crippen LogP contribution in [-0.2, 0) is 4.79 Å². The van der Waals surface area contributed by atoms with Gasteiger partial charge in [-0.05, 0) is 25.5 Å². The molecule has 2 aromatic carbocycles. The molecule has 21 heavy (non-hydrogen) atoms. The summed E-state index contributed by atoms with van der Waals surface area (Å²) >= 11 is 0. The number of benzene rings is 2. The largest absolute Gasteiger partial charge is 0.411 e. The van der Waals surface area contributed by atoms with E-state index in [0.29, 0.717) is 17.0 Å². The molecule has 0 radical (unpaired) electrons. The minimum Gasteiger partial charge on any atom is -0.411 e. The predicted octanol–water partition coefficient (Wildman–Crippen LogP) is 3.63. The van der Waals surface area contributed by atoms with Crippen molar-refractivity contribution in [2.24, 2.45) is 5.16 Å². The summed E-state index contributed by atoms with van der Waals surface area (Å²) < 4.78 is 0. The maximum Gasteiger partial charge on any atom is 0.231 e. The van der Waals surface area contributed by atoms with E-state index in [0.717, 1.165) is 5.56 Å². The zero-order chi connectivity index (χ0) is 15.2. The molecule has 0 aromatic heterocycles. The van der Waals surface area contributed by atoms with Crippen LogP contribution in [0.4, 0.5) is 5.69 Å². The van der Waals surface area contributed by atoms with Crippen molar-refractivity contribution in [3.63, 3.8) is 0 Å². The lowest BCUT2D eigenvalue weighted by atomic mass is 10.00. The third-order valence-electron chi connectivity index (χ3n) is 3.42. The van der Waals surface area contributed by atoms with Gasteiger partial charge in [0.25, 0.3) is 0 Å². The van der Waals surface area contributed by atoms with Crippen molar-refractivity contribution in [1.82, 2.24) is 0 Å². The number of rotatable bonds is 4. The number of amides is 1. The Balaban J connectivity index is 2.21. The van der Waals surface area contributed by atoms with E-state index >= 15 is 0 Å². The van der Waals surface area contributed by atoms with Gasteiger partial charge in [-0.15, -0.1) is 0 Å². The van der Waals surface area contributed by atoms with Crippen molar-refractivity contribution in [2.75, 3.05) is 5.32 Å². The van der Waals surface area contributed by atoms with Crippen molar-refractivity contribution in [2.45, 2.75) is 19.8 Å². The third-order valence-corrected chi connectivity index (χ3v) is 3.42. The quantitative estimate of drug-likeness (QED) is 0.511. The average Bonchev–Trinajstić information content (AvgIpc) is 2.54. The van der Waals surface area contributed by atoms with Crippen LogP contribution in [0.25, 0.3) is 0 Å². The van der Waals surface area contributed by atoms with E-state index in [-0.39, 0.29) is 11.8 Å². The summed E-state index contributed by atoms with van der Waals surface area (Å²) in [6.07, 6.45) is 0. The lowest BCUT2D eigenvalue weighted by molar-refractivity contribution is -0.117. The van der Waals surface area contributed by atoms with E-state index in [9.17, 15) is 4.79 Å². The van der Waals surface area contributed by atoms with E-state index in [1.54, 1.807) is 19.1 Å². The molecule has 0 aliphatic rings. The first-order chi connectivity index (χ1) is 10.1. The molecule has 108 valence electrons. The number of nitrogens with one attached hydrogen (secondary N) is 1. The predicted molar refractivity (Wildman–Crippen MR) is 83.9 cm³/mol. The minimum absolute atomic E-state index is 0.0978. The number of para-hydroxylation sites is 1. The number of oxime groups is 1. The molecular weight excluding hydrogens is 264 g/mol.